The highest BCUT2D eigenvalue weighted by molar-refractivity contribution is 5.94. The van der Waals surface area contributed by atoms with Crippen LogP contribution in [0.5, 0.6) is 0 Å². The van der Waals surface area contributed by atoms with Crippen LogP contribution >= 0.6 is 0 Å². The molecule has 2 N–H and O–H groups in total. The van der Waals surface area contributed by atoms with Gasteiger partial charge in [-0.15, -0.1) is 0 Å². The molecule has 0 aliphatic rings. The van der Waals surface area contributed by atoms with Crippen LogP contribution in [-0.4, -0.2) is 17.1 Å². The summed E-state index contributed by atoms with van der Waals surface area (Å²) in [6, 6.07) is 10.1. The molecule has 122 valence electrons. The Morgan fingerprint density at radius 2 is 1.91 bits per heavy atom. The molecule has 2 aromatic rings. The molecule has 1 aromatic carbocycles. The van der Waals surface area contributed by atoms with Gasteiger partial charge in [0.05, 0.1) is 0 Å². The summed E-state index contributed by atoms with van der Waals surface area (Å²) in [7, 11) is 0. The number of hydrogen-bond donors (Lipinski definition) is 2. The minimum absolute atomic E-state index is 0.0615. The number of anilines is 1. The number of hydrogen-bond acceptors (Lipinski definition) is 3. The number of nitrogens with zero attached hydrogens (tertiary/aromatic N) is 1. The molecule has 0 saturated heterocycles. The molecule has 23 heavy (non-hydrogen) atoms. The van der Waals surface area contributed by atoms with Crippen molar-refractivity contribution in [1.82, 2.24) is 10.3 Å². The van der Waals surface area contributed by atoms with Crippen molar-refractivity contribution in [3.05, 3.63) is 59.9 Å². The molecule has 4 nitrogen and oxygen atoms in total. The van der Waals surface area contributed by atoms with Crippen molar-refractivity contribution in [3.8, 4) is 0 Å². The number of aromatic nitrogens is 1. The number of alkyl halides is 3. The molecule has 1 atom stereocenters. The maximum Gasteiger partial charge on any atom is 0.471 e. The Morgan fingerprint density at radius 3 is 2.57 bits per heavy atom. The maximum atomic E-state index is 12.2. The van der Waals surface area contributed by atoms with Crippen LogP contribution in [0.3, 0.4) is 0 Å². The van der Waals surface area contributed by atoms with Crippen molar-refractivity contribution in [2.75, 3.05) is 5.32 Å². The average molecular weight is 323 g/mol. The molecule has 0 spiro atoms. The van der Waals surface area contributed by atoms with E-state index >= 15 is 0 Å². The zero-order valence-electron chi connectivity index (χ0n) is 12.4. The van der Waals surface area contributed by atoms with Gasteiger partial charge in [0.1, 0.15) is 0 Å². The summed E-state index contributed by atoms with van der Waals surface area (Å²) < 4.78 is 36.7. The lowest BCUT2D eigenvalue weighted by Crippen LogP contribution is -2.30. The molecule has 0 radical (unpaired) electrons. The molecular weight excluding hydrogens is 307 g/mol. The molecule has 0 unspecified atom stereocenters. The largest absolute Gasteiger partial charge is 0.471 e. The first-order chi connectivity index (χ1) is 10.9. The lowest BCUT2D eigenvalue weighted by atomic mass is 10.1. The minimum Gasteiger partial charge on any atom is -0.318 e. The van der Waals surface area contributed by atoms with E-state index in [2.05, 4.69) is 10.3 Å². The van der Waals surface area contributed by atoms with E-state index in [1.165, 1.54) is 12.1 Å². The molecule has 0 fully saturated rings. The van der Waals surface area contributed by atoms with Crippen LogP contribution in [0.15, 0.2) is 48.8 Å². The summed E-state index contributed by atoms with van der Waals surface area (Å²) in [5, 5.41) is 5.10. The van der Waals surface area contributed by atoms with Crippen LogP contribution in [0.1, 0.15) is 24.1 Å². The highest BCUT2D eigenvalue weighted by Gasteiger charge is 2.38. The van der Waals surface area contributed by atoms with E-state index in [1.54, 1.807) is 24.5 Å². The average Bonchev–Trinajstić information content (AvgIpc) is 2.53. The molecule has 0 bridgehead atoms. The van der Waals surface area contributed by atoms with Crippen molar-refractivity contribution in [2.45, 2.75) is 25.7 Å². The van der Waals surface area contributed by atoms with Gasteiger partial charge in [0.25, 0.3) is 0 Å². The zero-order chi connectivity index (χ0) is 16.9. The second kappa shape index (κ2) is 7.23. The normalized spacial score (nSPS) is 12.7. The highest BCUT2D eigenvalue weighted by Crippen LogP contribution is 2.19. The number of carbonyl (C=O) groups is 1. The van der Waals surface area contributed by atoms with Crippen LogP contribution in [-0.2, 0) is 11.3 Å². The first kappa shape index (κ1) is 17.0. The second-order valence-electron chi connectivity index (χ2n) is 5.04. The first-order valence-corrected chi connectivity index (χ1v) is 6.96. The van der Waals surface area contributed by atoms with E-state index in [-0.39, 0.29) is 11.7 Å². The molecule has 7 heteroatoms. The predicted octanol–water partition coefficient (Wildman–Crippen LogP) is 3.43. The van der Waals surface area contributed by atoms with Crippen LogP contribution in [0.4, 0.5) is 18.9 Å². The Bertz CT molecular complexity index is 659. The number of benzene rings is 1. The lowest BCUT2D eigenvalue weighted by Gasteiger charge is -2.15. The number of nitrogens with one attached hydrogen (secondary N) is 2. The fourth-order valence-electron chi connectivity index (χ4n) is 2.00. The maximum absolute atomic E-state index is 12.2. The second-order valence-corrected chi connectivity index (χ2v) is 5.04. The highest BCUT2D eigenvalue weighted by atomic mass is 19.4. The monoisotopic (exact) mass is 323 g/mol. The van der Waals surface area contributed by atoms with E-state index in [4.69, 9.17) is 0 Å². The summed E-state index contributed by atoms with van der Waals surface area (Å²) in [5.74, 6) is -1.98. The SMILES string of the molecule is C[C@H](NCc1cccc(NC(=O)C(F)(F)F)c1)c1ccncc1. The van der Waals surface area contributed by atoms with Crippen LogP contribution in [0.25, 0.3) is 0 Å². The van der Waals surface area contributed by atoms with Gasteiger partial charge in [-0.25, -0.2) is 0 Å². The Morgan fingerprint density at radius 1 is 1.22 bits per heavy atom. The van der Waals surface area contributed by atoms with Gasteiger partial charge >= 0.3 is 12.1 Å². The number of pyridine rings is 1. The molecule has 0 aliphatic carbocycles. The van der Waals surface area contributed by atoms with Crippen molar-refractivity contribution < 1.29 is 18.0 Å². The third-order valence-electron chi connectivity index (χ3n) is 3.26. The lowest BCUT2D eigenvalue weighted by molar-refractivity contribution is -0.167. The fraction of sp³-hybridized carbons (Fsp3) is 0.250. The Kier molecular flexibility index (Phi) is 5.33. The smallest absolute Gasteiger partial charge is 0.318 e. The number of amides is 1. The van der Waals surface area contributed by atoms with Gasteiger partial charge in [-0.05, 0) is 42.3 Å². The number of carbonyl (C=O) groups excluding carboxylic acids is 1. The van der Waals surface area contributed by atoms with E-state index in [0.717, 1.165) is 11.1 Å². The van der Waals surface area contributed by atoms with Gasteiger partial charge in [-0.2, -0.15) is 13.2 Å². The molecule has 0 aliphatic heterocycles. The fourth-order valence-corrected chi connectivity index (χ4v) is 2.00. The van der Waals surface area contributed by atoms with Gasteiger partial charge in [0, 0.05) is 30.7 Å². The van der Waals surface area contributed by atoms with Crippen molar-refractivity contribution in [2.24, 2.45) is 0 Å². The third kappa shape index (κ3) is 5.07. The Balaban J connectivity index is 1.96. The van der Waals surface area contributed by atoms with Gasteiger partial charge in [-0.1, -0.05) is 12.1 Å². The summed E-state index contributed by atoms with van der Waals surface area (Å²) in [6.07, 6.45) is -1.51. The number of rotatable bonds is 5. The minimum atomic E-state index is -4.90. The molecule has 1 amide bonds. The molecular formula is C16H16F3N3O. The van der Waals surface area contributed by atoms with E-state index < -0.39 is 12.1 Å². The molecule has 2 rings (SSSR count). The van der Waals surface area contributed by atoms with Gasteiger partial charge in [-0.3, -0.25) is 9.78 Å². The molecule has 1 aromatic heterocycles. The summed E-state index contributed by atoms with van der Waals surface area (Å²) in [5.41, 5.74) is 1.94. The molecule has 0 saturated carbocycles. The van der Waals surface area contributed by atoms with Gasteiger partial charge in [0.15, 0.2) is 0 Å². The number of halogens is 3. The standard InChI is InChI=1S/C16H16F3N3O/c1-11(13-5-7-20-8-6-13)21-10-12-3-2-4-14(9-12)22-15(23)16(17,18)19/h2-9,11,21H,10H2,1H3,(H,22,23)/t11-/m0/s1. The van der Waals surface area contributed by atoms with Crippen molar-refractivity contribution in [3.63, 3.8) is 0 Å². The van der Waals surface area contributed by atoms with Crippen molar-refractivity contribution in [1.29, 1.82) is 0 Å². The Hall–Kier alpha value is -2.41. The van der Waals surface area contributed by atoms with Crippen molar-refractivity contribution >= 4 is 11.6 Å². The third-order valence-corrected chi connectivity index (χ3v) is 3.26. The van der Waals surface area contributed by atoms with Gasteiger partial charge in [0.2, 0.25) is 0 Å². The predicted molar refractivity (Wildman–Crippen MR) is 80.6 cm³/mol. The summed E-state index contributed by atoms with van der Waals surface area (Å²) in [6.45, 7) is 2.43. The van der Waals surface area contributed by atoms with Crippen LogP contribution in [0.2, 0.25) is 0 Å². The molecule has 1 heterocycles. The van der Waals surface area contributed by atoms with E-state index in [0.29, 0.717) is 6.54 Å². The van der Waals surface area contributed by atoms with Crippen LogP contribution in [0, 0.1) is 0 Å². The van der Waals surface area contributed by atoms with Crippen LogP contribution < -0.4 is 10.6 Å². The topological polar surface area (TPSA) is 54.0 Å². The van der Waals surface area contributed by atoms with E-state index in [9.17, 15) is 18.0 Å². The van der Waals surface area contributed by atoms with Gasteiger partial charge < -0.3 is 10.6 Å². The summed E-state index contributed by atoms with van der Waals surface area (Å²) in [4.78, 5) is 14.9. The Labute approximate surface area is 131 Å². The first-order valence-electron chi connectivity index (χ1n) is 6.96. The van der Waals surface area contributed by atoms with E-state index in [1.807, 2.05) is 24.4 Å². The summed E-state index contributed by atoms with van der Waals surface area (Å²) >= 11 is 0. The quantitative estimate of drug-likeness (QED) is 0.886. The zero-order valence-corrected chi connectivity index (χ0v) is 12.4.